The van der Waals surface area contributed by atoms with E-state index in [0.717, 1.165) is 44.5 Å². The molecule has 0 bridgehead atoms. The van der Waals surface area contributed by atoms with Crippen LogP contribution in [-0.2, 0) is 19.0 Å². The van der Waals surface area contributed by atoms with E-state index < -0.39 is 6.10 Å². The van der Waals surface area contributed by atoms with E-state index in [0.29, 0.717) is 31.4 Å². The van der Waals surface area contributed by atoms with E-state index in [4.69, 9.17) is 25.8 Å². The van der Waals surface area contributed by atoms with Crippen molar-refractivity contribution in [1.82, 2.24) is 10.2 Å². The number of halogens is 1. The Morgan fingerprint density at radius 2 is 2.00 bits per heavy atom. The van der Waals surface area contributed by atoms with Gasteiger partial charge in [-0.1, -0.05) is 23.7 Å². The first-order chi connectivity index (χ1) is 13.6. The fourth-order valence-corrected chi connectivity index (χ4v) is 3.77. The summed E-state index contributed by atoms with van der Waals surface area (Å²) in [5.41, 5.74) is 1.13. The summed E-state index contributed by atoms with van der Waals surface area (Å²) in [7, 11) is 0. The lowest BCUT2D eigenvalue weighted by molar-refractivity contribution is -0.135. The van der Waals surface area contributed by atoms with Crippen LogP contribution in [-0.4, -0.2) is 69.1 Å². The summed E-state index contributed by atoms with van der Waals surface area (Å²) in [4.78, 5) is 14.9. The van der Waals surface area contributed by atoms with E-state index in [1.165, 1.54) is 0 Å². The standard InChI is InChI=1S/C21H31ClN2O4/c1-16(28-15-19-4-2-3-11-27-19)21(25)23-14-20(24-9-12-26-13-10-24)17-5-7-18(22)8-6-17/h5-8,16,19-20H,2-4,9-15H2,1H3,(H,23,25). The molecular formula is C21H31ClN2O4. The fraction of sp³-hybridized carbons (Fsp3) is 0.667. The number of rotatable bonds is 8. The molecule has 1 N–H and O–H groups in total. The fourth-order valence-electron chi connectivity index (χ4n) is 3.64. The number of hydrogen-bond acceptors (Lipinski definition) is 5. The van der Waals surface area contributed by atoms with Crippen molar-refractivity contribution in [2.24, 2.45) is 0 Å². The molecule has 0 saturated carbocycles. The molecule has 28 heavy (non-hydrogen) atoms. The highest BCUT2D eigenvalue weighted by Gasteiger charge is 2.25. The Labute approximate surface area is 172 Å². The summed E-state index contributed by atoms with van der Waals surface area (Å²) in [6.45, 7) is 6.67. The Balaban J connectivity index is 1.52. The molecule has 156 valence electrons. The van der Waals surface area contributed by atoms with Crippen LogP contribution >= 0.6 is 11.6 Å². The quantitative estimate of drug-likeness (QED) is 0.714. The van der Waals surface area contributed by atoms with Crippen molar-refractivity contribution < 1.29 is 19.0 Å². The molecule has 2 saturated heterocycles. The van der Waals surface area contributed by atoms with E-state index in [2.05, 4.69) is 10.2 Å². The first-order valence-corrected chi connectivity index (χ1v) is 10.6. The number of carbonyl (C=O) groups excluding carboxylic acids is 1. The molecule has 3 rings (SSSR count). The predicted octanol–water partition coefficient (Wildman–Crippen LogP) is 2.80. The third kappa shape index (κ3) is 6.42. The van der Waals surface area contributed by atoms with Crippen LogP contribution in [0.25, 0.3) is 0 Å². The van der Waals surface area contributed by atoms with Crippen LogP contribution in [0, 0.1) is 0 Å². The molecule has 2 aliphatic rings. The maximum atomic E-state index is 12.5. The van der Waals surface area contributed by atoms with E-state index in [1.54, 1.807) is 6.92 Å². The molecule has 1 aromatic rings. The molecule has 2 aliphatic heterocycles. The summed E-state index contributed by atoms with van der Waals surface area (Å²) >= 11 is 6.04. The van der Waals surface area contributed by atoms with Crippen molar-refractivity contribution in [2.75, 3.05) is 46.1 Å². The van der Waals surface area contributed by atoms with Gasteiger partial charge in [0.05, 0.1) is 32.0 Å². The Morgan fingerprint density at radius 3 is 2.68 bits per heavy atom. The molecule has 3 atom stereocenters. The van der Waals surface area contributed by atoms with Gasteiger partial charge in [0.25, 0.3) is 0 Å². The number of hydrogen-bond donors (Lipinski definition) is 1. The van der Waals surface area contributed by atoms with Gasteiger partial charge in [-0.25, -0.2) is 0 Å². The van der Waals surface area contributed by atoms with Crippen LogP contribution in [0.5, 0.6) is 0 Å². The highest BCUT2D eigenvalue weighted by atomic mass is 35.5. The lowest BCUT2D eigenvalue weighted by Gasteiger charge is -2.35. The van der Waals surface area contributed by atoms with Gasteiger partial charge in [0.1, 0.15) is 6.10 Å². The summed E-state index contributed by atoms with van der Waals surface area (Å²) in [6.07, 6.45) is 2.89. The second kappa shape index (κ2) is 11.1. The molecule has 2 heterocycles. The number of carbonyl (C=O) groups is 1. The average molecular weight is 411 g/mol. The van der Waals surface area contributed by atoms with Gasteiger partial charge in [-0.05, 0) is 43.9 Å². The molecule has 0 aliphatic carbocycles. The Morgan fingerprint density at radius 1 is 1.25 bits per heavy atom. The Bertz CT molecular complexity index is 601. The van der Waals surface area contributed by atoms with Gasteiger partial charge in [-0.2, -0.15) is 0 Å². The van der Waals surface area contributed by atoms with Crippen molar-refractivity contribution >= 4 is 17.5 Å². The molecule has 6 nitrogen and oxygen atoms in total. The maximum Gasteiger partial charge on any atom is 0.248 e. The molecule has 0 aromatic heterocycles. The first-order valence-electron chi connectivity index (χ1n) is 10.2. The Hall–Kier alpha value is -1.18. The summed E-state index contributed by atoms with van der Waals surface area (Å²) < 4.78 is 16.9. The molecular weight excluding hydrogens is 380 g/mol. The minimum absolute atomic E-state index is 0.0824. The lowest BCUT2D eigenvalue weighted by Crippen LogP contribution is -2.45. The topological polar surface area (TPSA) is 60.0 Å². The molecule has 0 spiro atoms. The zero-order chi connectivity index (χ0) is 19.8. The third-order valence-electron chi connectivity index (χ3n) is 5.39. The van der Waals surface area contributed by atoms with Crippen LogP contribution in [0.15, 0.2) is 24.3 Å². The average Bonchev–Trinajstić information content (AvgIpc) is 2.74. The monoisotopic (exact) mass is 410 g/mol. The van der Waals surface area contributed by atoms with Crippen LogP contribution < -0.4 is 5.32 Å². The third-order valence-corrected chi connectivity index (χ3v) is 5.64. The van der Waals surface area contributed by atoms with Crippen LogP contribution in [0.3, 0.4) is 0 Å². The smallest absolute Gasteiger partial charge is 0.248 e. The van der Waals surface area contributed by atoms with Crippen molar-refractivity contribution in [3.63, 3.8) is 0 Å². The van der Waals surface area contributed by atoms with Gasteiger partial charge in [0, 0.05) is 31.3 Å². The zero-order valence-electron chi connectivity index (χ0n) is 16.6. The van der Waals surface area contributed by atoms with Gasteiger partial charge < -0.3 is 19.5 Å². The van der Waals surface area contributed by atoms with E-state index >= 15 is 0 Å². The van der Waals surface area contributed by atoms with Crippen molar-refractivity contribution in [3.05, 3.63) is 34.9 Å². The van der Waals surface area contributed by atoms with Gasteiger partial charge >= 0.3 is 0 Å². The largest absolute Gasteiger partial charge is 0.379 e. The minimum atomic E-state index is -0.499. The molecule has 3 unspecified atom stereocenters. The Kier molecular flexibility index (Phi) is 8.55. The number of nitrogens with zero attached hydrogens (tertiary/aromatic N) is 1. The summed E-state index contributed by atoms with van der Waals surface area (Å²) in [5.74, 6) is -0.0944. The number of benzene rings is 1. The van der Waals surface area contributed by atoms with Crippen molar-refractivity contribution in [3.8, 4) is 0 Å². The van der Waals surface area contributed by atoms with Gasteiger partial charge in [0.15, 0.2) is 0 Å². The van der Waals surface area contributed by atoms with Gasteiger partial charge in [-0.3, -0.25) is 9.69 Å². The normalized spacial score (nSPS) is 23.1. The molecule has 1 aromatic carbocycles. The SMILES string of the molecule is CC(OCC1CCCCO1)C(=O)NCC(c1ccc(Cl)cc1)N1CCOCC1. The number of amides is 1. The number of nitrogens with one attached hydrogen (secondary N) is 1. The summed E-state index contributed by atoms with van der Waals surface area (Å²) in [6, 6.07) is 7.91. The highest BCUT2D eigenvalue weighted by molar-refractivity contribution is 6.30. The van der Waals surface area contributed by atoms with E-state index in [9.17, 15) is 4.79 Å². The molecule has 0 radical (unpaired) electrons. The van der Waals surface area contributed by atoms with Crippen LogP contribution in [0.2, 0.25) is 5.02 Å². The van der Waals surface area contributed by atoms with E-state index in [-0.39, 0.29) is 18.1 Å². The molecule has 7 heteroatoms. The lowest BCUT2D eigenvalue weighted by atomic mass is 10.0. The van der Waals surface area contributed by atoms with Gasteiger partial charge in [0.2, 0.25) is 5.91 Å². The number of morpholine rings is 1. The van der Waals surface area contributed by atoms with Crippen molar-refractivity contribution in [1.29, 1.82) is 0 Å². The number of ether oxygens (including phenoxy) is 3. The van der Waals surface area contributed by atoms with Crippen molar-refractivity contribution in [2.45, 2.75) is 44.4 Å². The molecule has 1 amide bonds. The minimum Gasteiger partial charge on any atom is -0.379 e. The van der Waals surface area contributed by atoms with E-state index in [1.807, 2.05) is 24.3 Å². The van der Waals surface area contributed by atoms with Crippen LogP contribution in [0.4, 0.5) is 0 Å². The molecule has 2 fully saturated rings. The second-order valence-electron chi connectivity index (χ2n) is 7.42. The van der Waals surface area contributed by atoms with Gasteiger partial charge in [-0.15, -0.1) is 0 Å². The predicted molar refractivity (Wildman–Crippen MR) is 109 cm³/mol. The highest BCUT2D eigenvalue weighted by Crippen LogP contribution is 2.23. The maximum absolute atomic E-state index is 12.5. The first kappa shape index (κ1) is 21.5. The zero-order valence-corrected chi connectivity index (χ0v) is 17.3. The summed E-state index contributed by atoms with van der Waals surface area (Å²) in [5, 5.41) is 3.77. The second-order valence-corrected chi connectivity index (χ2v) is 7.86. The van der Waals surface area contributed by atoms with Crippen LogP contribution in [0.1, 0.15) is 37.8 Å².